The van der Waals surface area contributed by atoms with Crippen molar-refractivity contribution < 1.29 is 8.78 Å². The fourth-order valence-corrected chi connectivity index (χ4v) is 1.73. The van der Waals surface area contributed by atoms with E-state index in [1.807, 2.05) is 21.1 Å². The third-order valence-corrected chi connectivity index (χ3v) is 2.83. The highest BCUT2D eigenvalue weighted by atomic mass is 19.2. The molecule has 0 fully saturated rings. The van der Waals surface area contributed by atoms with Gasteiger partial charge in [0.15, 0.2) is 11.6 Å². The summed E-state index contributed by atoms with van der Waals surface area (Å²) in [4.78, 5) is 2.08. The lowest BCUT2D eigenvalue weighted by Crippen LogP contribution is -2.31. The van der Waals surface area contributed by atoms with E-state index in [2.05, 4.69) is 10.2 Å². The number of hydrogen-bond acceptors (Lipinski definition) is 2. The van der Waals surface area contributed by atoms with Crippen molar-refractivity contribution >= 4 is 0 Å². The van der Waals surface area contributed by atoms with Gasteiger partial charge in [0.25, 0.3) is 0 Å². The number of likely N-dealkylation sites (N-methyl/N-ethyl adjacent to an activating group) is 1. The van der Waals surface area contributed by atoms with Crippen molar-refractivity contribution in [1.82, 2.24) is 10.2 Å². The van der Waals surface area contributed by atoms with Crippen LogP contribution >= 0.6 is 0 Å². The Bertz CT molecular complexity index is 353. The van der Waals surface area contributed by atoms with Crippen molar-refractivity contribution in [3.63, 3.8) is 0 Å². The van der Waals surface area contributed by atoms with Gasteiger partial charge in [0.1, 0.15) is 0 Å². The molecule has 2 nitrogen and oxygen atoms in total. The molecule has 1 aromatic carbocycles. The Hall–Kier alpha value is -1.00. The first-order valence-electron chi connectivity index (χ1n) is 5.79. The van der Waals surface area contributed by atoms with Crippen LogP contribution in [0.5, 0.6) is 0 Å². The van der Waals surface area contributed by atoms with Gasteiger partial charge in [-0.1, -0.05) is 12.1 Å². The van der Waals surface area contributed by atoms with Gasteiger partial charge < -0.3 is 10.2 Å². The van der Waals surface area contributed by atoms with E-state index in [0.717, 1.165) is 19.0 Å². The standard InChI is InChI=1S/C13H20F2N2/c1-16-11(7-8-17(2)3)9-10-5-4-6-12(14)13(10)15/h4-6,11,16H,7-9H2,1-3H3. The van der Waals surface area contributed by atoms with Crippen LogP contribution in [0.3, 0.4) is 0 Å². The normalized spacial score (nSPS) is 13.1. The monoisotopic (exact) mass is 242 g/mol. The van der Waals surface area contributed by atoms with E-state index in [1.54, 1.807) is 12.1 Å². The van der Waals surface area contributed by atoms with Crippen molar-refractivity contribution in [2.45, 2.75) is 18.9 Å². The first-order chi connectivity index (χ1) is 8.04. The van der Waals surface area contributed by atoms with E-state index in [-0.39, 0.29) is 6.04 Å². The highest BCUT2D eigenvalue weighted by molar-refractivity contribution is 5.20. The van der Waals surface area contributed by atoms with Gasteiger partial charge in [-0.2, -0.15) is 0 Å². The maximum atomic E-state index is 13.5. The van der Waals surface area contributed by atoms with Crippen LogP contribution in [-0.2, 0) is 6.42 Å². The highest BCUT2D eigenvalue weighted by Crippen LogP contribution is 2.14. The molecular formula is C13H20F2N2. The fraction of sp³-hybridized carbons (Fsp3) is 0.538. The van der Waals surface area contributed by atoms with Gasteiger partial charge in [-0.15, -0.1) is 0 Å². The van der Waals surface area contributed by atoms with Crippen molar-refractivity contribution in [1.29, 1.82) is 0 Å². The first-order valence-corrected chi connectivity index (χ1v) is 5.79. The lowest BCUT2D eigenvalue weighted by atomic mass is 10.0. The molecular weight excluding hydrogens is 222 g/mol. The predicted octanol–water partition coefficient (Wildman–Crippen LogP) is 2.05. The van der Waals surface area contributed by atoms with Crippen molar-refractivity contribution in [2.24, 2.45) is 0 Å². The summed E-state index contributed by atoms with van der Waals surface area (Å²) in [6, 6.07) is 4.49. The Labute approximate surface area is 102 Å². The summed E-state index contributed by atoms with van der Waals surface area (Å²) in [6.07, 6.45) is 1.41. The molecule has 17 heavy (non-hydrogen) atoms. The molecule has 0 bridgehead atoms. The van der Waals surface area contributed by atoms with Gasteiger partial charge in [-0.3, -0.25) is 0 Å². The number of halogens is 2. The van der Waals surface area contributed by atoms with Crippen molar-refractivity contribution in [2.75, 3.05) is 27.7 Å². The summed E-state index contributed by atoms with van der Waals surface area (Å²) in [7, 11) is 5.84. The second-order valence-corrected chi connectivity index (χ2v) is 4.49. The Balaban J connectivity index is 2.64. The van der Waals surface area contributed by atoms with Crippen LogP contribution in [0.1, 0.15) is 12.0 Å². The molecule has 0 saturated heterocycles. The molecule has 0 radical (unpaired) electrons. The highest BCUT2D eigenvalue weighted by Gasteiger charge is 2.13. The molecule has 1 atom stereocenters. The molecule has 1 aromatic rings. The van der Waals surface area contributed by atoms with Gasteiger partial charge in [0, 0.05) is 6.04 Å². The molecule has 1 rings (SSSR count). The molecule has 0 spiro atoms. The number of nitrogens with one attached hydrogen (secondary N) is 1. The van der Waals surface area contributed by atoms with Gasteiger partial charge in [0.05, 0.1) is 0 Å². The van der Waals surface area contributed by atoms with E-state index >= 15 is 0 Å². The number of hydrogen-bond donors (Lipinski definition) is 1. The van der Waals surface area contributed by atoms with E-state index in [1.165, 1.54) is 0 Å². The maximum absolute atomic E-state index is 13.5. The molecule has 0 aromatic heterocycles. The molecule has 4 heteroatoms. The van der Waals surface area contributed by atoms with Crippen molar-refractivity contribution in [3.8, 4) is 0 Å². The average Bonchev–Trinajstić information content (AvgIpc) is 2.29. The summed E-state index contributed by atoms with van der Waals surface area (Å²) in [6.45, 7) is 0.919. The molecule has 0 heterocycles. The van der Waals surface area contributed by atoms with Gasteiger partial charge in [-0.05, 0) is 52.2 Å². The zero-order valence-electron chi connectivity index (χ0n) is 10.6. The van der Waals surface area contributed by atoms with E-state index in [4.69, 9.17) is 0 Å². The largest absolute Gasteiger partial charge is 0.317 e. The lowest BCUT2D eigenvalue weighted by Gasteiger charge is -2.19. The second-order valence-electron chi connectivity index (χ2n) is 4.49. The summed E-state index contributed by atoms with van der Waals surface area (Å²) in [5.74, 6) is -1.50. The first kappa shape index (κ1) is 14.1. The number of benzene rings is 1. The van der Waals surface area contributed by atoms with Crippen LogP contribution in [0.25, 0.3) is 0 Å². The Morgan fingerprint density at radius 1 is 1.29 bits per heavy atom. The lowest BCUT2D eigenvalue weighted by molar-refractivity contribution is 0.362. The molecule has 1 unspecified atom stereocenters. The van der Waals surface area contributed by atoms with Gasteiger partial charge in [0.2, 0.25) is 0 Å². The van der Waals surface area contributed by atoms with E-state index in [9.17, 15) is 8.78 Å². The third-order valence-electron chi connectivity index (χ3n) is 2.83. The fourth-order valence-electron chi connectivity index (χ4n) is 1.73. The molecule has 0 aliphatic heterocycles. The minimum atomic E-state index is -0.773. The van der Waals surface area contributed by atoms with Gasteiger partial charge >= 0.3 is 0 Å². The SMILES string of the molecule is CNC(CCN(C)C)Cc1cccc(F)c1F. The number of nitrogens with zero attached hydrogens (tertiary/aromatic N) is 1. The van der Waals surface area contributed by atoms with Gasteiger partial charge in [-0.25, -0.2) is 8.78 Å². The van der Waals surface area contributed by atoms with Crippen LogP contribution in [0.2, 0.25) is 0 Å². The minimum absolute atomic E-state index is 0.161. The molecule has 96 valence electrons. The van der Waals surface area contributed by atoms with E-state index < -0.39 is 11.6 Å². The molecule has 0 saturated carbocycles. The Morgan fingerprint density at radius 2 is 2.00 bits per heavy atom. The quantitative estimate of drug-likeness (QED) is 0.821. The third kappa shape index (κ3) is 4.40. The second kappa shape index (κ2) is 6.67. The molecule has 0 aliphatic rings. The summed E-state index contributed by atoms with van der Waals surface area (Å²) < 4.78 is 26.5. The summed E-state index contributed by atoms with van der Waals surface area (Å²) in [5.41, 5.74) is 0.433. The Kier molecular flexibility index (Phi) is 5.51. The molecule has 1 N–H and O–H groups in total. The summed E-state index contributed by atoms with van der Waals surface area (Å²) >= 11 is 0. The van der Waals surface area contributed by atoms with Crippen molar-refractivity contribution in [3.05, 3.63) is 35.4 Å². The molecule has 0 aliphatic carbocycles. The summed E-state index contributed by atoms with van der Waals surface area (Å²) in [5, 5.41) is 3.14. The average molecular weight is 242 g/mol. The zero-order valence-corrected chi connectivity index (χ0v) is 10.6. The predicted molar refractivity (Wildman–Crippen MR) is 66.1 cm³/mol. The number of rotatable bonds is 6. The minimum Gasteiger partial charge on any atom is -0.317 e. The van der Waals surface area contributed by atoms with Crippen LogP contribution in [0.15, 0.2) is 18.2 Å². The van der Waals surface area contributed by atoms with Crippen LogP contribution < -0.4 is 5.32 Å². The van der Waals surface area contributed by atoms with E-state index in [0.29, 0.717) is 12.0 Å². The van der Waals surface area contributed by atoms with Crippen LogP contribution in [0.4, 0.5) is 8.78 Å². The smallest absolute Gasteiger partial charge is 0.162 e. The maximum Gasteiger partial charge on any atom is 0.162 e. The Morgan fingerprint density at radius 3 is 2.59 bits per heavy atom. The van der Waals surface area contributed by atoms with Crippen LogP contribution in [-0.4, -0.2) is 38.6 Å². The molecule has 0 amide bonds. The topological polar surface area (TPSA) is 15.3 Å². The van der Waals surface area contributed by atoms with Crippen LogP contribution in [0, 0.1) is 11.6 Å². The zero-order chi connectivity index (χ0) is 12.8.